The molecule has 5 heteroatoms. The second-order valence-electron chi connectivity index (χ2n) is 7.12. The largest absolute Gasteiger partial charge is 0.324 e. The molecule has 2 aliphatic rings. The molecule has 2 saturated heterocycles. The van der Waals surface area contributed by atoms with Gasteiger partial charge in [-0.15, -0.1) is 0 Å². The van der Waals surface area contributed by atoms with Gasteiger partial charge in [0, 0.05) is 30.9 Å². The molecule has 0 bridgehead atoms. The Morgan fingerprint density at radius 1 is 1.21 bits per heavy atom. The summed E-state index contributed by atoms with van der Waals surface area (Å²) in [4.78, 5) is 28.4. The first-order chi connectivity index (χ1) is 11.5. The summed E-state index contributed by atoms with van der Waals surface area (Å²) in [5, 5.41) is 2.97. The minimum Gasteiger partial charge on any atom is -0.324 e. The first-order valence-electron chi connectivity index (χ1n) is 8.93. The van der Waals surface area contributed by atoms with E-state index in [9.17, 15) is 9.59 Å². The van der Waals surface area contributed by atoms with Crippen LogP contribution in [0.15, 0.2) is 18.2 Å². The number of ketones is 1. The quantitative estimate of drug-likeness (QED) is 0.864. The number of likely N-dealkylation sites (tertiary alicyclic amines) is 2. The van der Waals surface area contributed by atoms with Crippen LogP contribution in [0.1, 0.15) is 42.1 Å². The van der Waals surface area contributed by atoms with Gasteiger partial charge in [-0.1, -0.05) is 0 Å². The summed E-state index contributed by atoms with van der Waals surface area (Å²) in [5.74, 6) is 0.644. The van der Waals surface area contributed by atoms with E-state index in [0.29, 0.717) is 11.5 Å². The molecule has 0 unspecified atom stereocenters. The van der Waals surface area contributed by atoms with Gasteiger partial charge in [0.1, 0.15) is 0 Å². The summed E-state index contributed by atoms with van der Waals surface area (Å²) in [6, 6.07) is 5.42. The molecule has 0 aliphatic carbocycles. The molecule has 2 fully saturated rings. The Morgan fingerprint density at radius 2 is 1.96 bits per heavy atom. The Labute approximate surface area is 144 Å². The fraction of sp³-hybridized carbons (Fsp3) is 0.579. The summed E-state index contributed by atoms with van der Waals surface area (Å²) in [7, 11) is 0. The smallest absolute Gasteiger partial charge is 0.321 e. The molecule has 0 saturated carbocycles. The van der Waals surface area contributed by atoms with Crippen molar-refractivity contribution in [1.82, 2.24) is 9.80 Å². The number of rotatable bonds is 4. The summed E-state index contributed by atoms with van der Waals surface area (Å²) >= 11 is 0. The van der Waals surface area contributed by atoms with Gasteiger partial charge in [-0.3, -0.25) is 4.79 Å². The van der Waals surface area contributed by atoms with Gasteiger partial charge in [0.05, 0.1) is 0 Å². The Morgan fingerprint density at radius 3 is 2.62 bits per heavy atom. The number of hydrogen-bond donors (Lipinski definition) is 1. The minimum absolute atomic E-state index is 0.0334. The zero-order valence-electron chi connectivity index (χ0n) is 14.7. The van der Waals surface area contributed by atoms with E-state index in [0.717, 1.165) is 37.3 Å². The Hall–Kier alpha value is -1.88. The van der Waals surface area contributed by atoms with E-state index in [-0.39, 0.29) is 11.8 Å². The topological polar surface area (TPSA) is 52.7 Å². The zero-order valence-corrected chi connectivity index (χ0v) is 14.7. The van der Waals surface area contributed by atoms with Gasteiger partial charge < -0.3 is 15.1 Å². The van der Waals surface area contributed by atoms with Crippen LogP contribution in [0, 0.1) is 12.8 Å². The van der Waals surface area contributed by atoms with Gasteiger partial charge in [0.25, 0.3) is 0 Å². The number of carbonyl (C=O) groups is 2. The van der Waals surface area contributed by atoms with Crippen molar-refractivity contribution in [3.8, 4) is 0 Å². The van der Waals surface area contributed by atoms with E-state index in [1.807, 2.05) is 17.9 Å². The molecule has 1 N–H and O–H groups in total. The van der Waals surface area contributed by atoms with Crippen molar-refractivity contribution in [3.63, 3.8) is 0 Å². The third-order valence-electron chi connectivity index (χ3n) is 5.15. The number of nitrogens with one attached hydrogen (secondary N) is 1. The van der Waals surface area contributed by atoms with Crippen molar-refractivity contribution < 1.29 is 9.59 Å². The van der Waals surface area contributed by atoms with Crippen LogP contribution in [0.5, 0.6) is 0 Å². The summed E-state index contributed by atoms with van der Waals surface area (Å²) < 4.78 is 0. The minimum atomic E-state index is -0.0334. The van der Waals surface area contributed by atoms with Gasteiger partial charge in [-0.2, -0.15) is 0 Å². The lowest BCUT2D eigenvalue weighted by atomic mass is 10.1. The first-order valence-corrected chi connectivity index (χ1v) is 8.93. The molecule has 1 atom stereocenters. The van der Waals surface area contributed by atoms with Crippen molar-refractivity contribution in [1.29, 1.82) is 0 Å². The fourth-order valence-corrected chi connectivity index (χ4v) is 3.84. The molecule has 24 heavy (non-hydrogen) atoms. The highest BCUT2D eigenvalue weighted by molar-refractivity contribution is 5.97. The number of aryl methyl sites for hydroxylation is 1. The summed E-state index contributed by atoms with van der Waals surface area (Å²) in [6.07, 6.45) is 3.71. The lowest BCUT2D eigenvalue weighted by molar-refractivity contribution is 0.101. The first kappa shape index (κ1) is 17.0. The normalized spacial score (nSPS) is 21.2. The number of anilines is 1. The Bertz CT molecular complexity index is 623. The number of urea groups is 1. The molecule has 1 aromatic carbocycles. The number of nitrogens with zero attached hydrogens (tertiary/aromatic N) is 2. The highest BCUT2D eigenvalue weighted by atomic mass is 16.2. The van der Waals surface area contributed by atoms with E-state index in [1.165, 1.54) is 25.9 Å². The molecular formula is C19H27N3O2. The number of benzene rings is 1. The van der Waals surface area contributed by atoms with Crippen LogP contribution in [0.2, 0.25) is 0 Å². The molecular weight excluding hydrogens is 302 g/mol. The predicted molar refractivity (Wildman–Crippen MR) is 95.6 cm³/mol. The maximum atomic E-state index is 12.5. The standard InChI is InChI=1S/C19H27N3O2/c1-14-11-17(5-6-18(14)15(2)23)20-19(24)22-10-7-16(13-22)12-21-8-3-4-9-21/h5-6,11,16H,3-4,7-10,12-13H2,1-2H3,(H,20,24)/t16-/m0/s1. The zero-order chi connectivity index (χ0) is 17.1. The summed E-state index contributed by atoms with van der Waals surface area (Å²) in [5.41, 5.74) is 2.36. The lowest BCUT2D eigenvalue weighted by Crippen LogP contribution is -2.34. The van der Waals surface area contributed by atoms with Crippen LogP contribution in [-0.4, -0.2) is 54.3 Å². The lowest BCUT2D eigenvalue weighted by Gasteiger charge is -2.21. The van der Waals surface area contributed by atoms with Crippen LogP contribution in [0.25, 0.3) is 0 Å². The monoisotopic (exact) mass is 329 g/mol. The van der Waals surface area contributed by atoms with E-state index in [4.69, 9.17) is 0 Å². The molecule has 130 valence electrons. The van der Waals surface area contributed by atoms with Crippen LogP contribution < -0.4 is 5.32 Å². The molecule has 0 spiro atoms. The maximum Gasteiger partial charge on any atom is 0.321 e. The van der Waals surface area contributed by atoms with Gasteiger partial charge in [0.2, 0.25) is 0 Å². The second kappa shape index (κ2) is 7.34. The number of Topliss-reactive ketones (excluding diaryl/α,β-unsaturated/α-hetero) is 1. The molecule has 5 nitrogen and oxygen atoms in total. The molecule has 3 rings (SSSR count). The van der Waals surface area contributed by atoms with Gasteiger partial charge in [-0.25, -0.2) is 4.79 Å². The van der Waals surface area contributed by atoms with Gasteiger partial charge >= 0.3 is 6.03 Å². The van der Waals surface area contributed by atoms with Crippen molar-refractivity contribution in [2.45, 2.75) is 33.1 Å². The highest BCUT2D eigenvalue weighted by Crippen LogP contribution is 2.21. The third kappa shape index (κ3) is 3.96. The van der Waals surface area contributed by atoms with Crippen molar-refractivity contribution in [3.05, 3.63) is 29.3 Å². The molecule has 0 radical (unpaired) electrons. The molecule has 2 aliphatic heterocycles. The fourth-order valence-electron chi connectivity index (χ4n) is 3.84. The van der Waals surface area contributed by atoms with Crippen LogP contribution in [-0.2, 0) is 0 Å². The van der Waals surface area contributed by atoms with Crippen molar-refractivity contribution in [2.75, 3.05) is 38.0 Å². The average Bonchev–Trinajstić information content (AvgIpc) is 3.19. The van der Waals surface area contributed by atoms with E-state index in [1.54, 1.807) is 19.1 Å². The van der Waals surface area contributed by atoms with Gasteiger partial charge in [0.15, 0.2) is 5.78 Å². The van der Waals surface area contributed by atoms with Crippen molar-refractivity contribution >= 4 is 17.5 Å². The Balaban J connectivity index is 1.53. The SMILES string of the molecule is CC(=O)c1ccc(NC(=O)N2CC[C@@H](CN3CCCC3)C2)cc1C. The molecule has 2 heterocycles. The van der Waals surface area contributed by atoms with E-state index >= 15 is 0 Å². The molecule has 1 aromatic rings. The third-order valence-corrected chi connectivity index (χ3v) is 5.15. The maximum absolute atomic E-state index is 12.5. The molecule has 0 aromatic heterocycles. The number of carbonyl (C=O) groups excluding carboxylic acids is 2. The second-order valence-corrected chi connectivity index (χ2v) is 7.12. The van der Waals surface area contributed by atoms with Crippen LogP contribution >= 0.6 is 0 Å². The van der Waals surface area contributed by atoms with E-state index < -0.39 is 0 Å². The number of hydrogen-bond acceptors (Lipinski definition) is 3. The van der Waals surface area contributed by atoms with Crippen LogP contribution in [0.4, 0.5) is 10.5 Å². The highest BCUT2D eigenvalue weighted by Gasteiger charge is 2.28. The average molecular weight is 329 g/mol. The summed E-state index contributed by atoms with van der Waals surface area (Å²) in [6.45, 7) is 8.67. The van der Waals surface area contributed by atoms with Gasteiger partial charge in [-0.05, 0) is 75.9 Å². The van der Waals surface area contributed by atoms with E-state index in [2.05, 4.69) is 10.2 Å². The Kier molecular flexibility index (Phi) is 5.19. The number of amides is 2. The van der Waals surface area contributed by atoms with Crippen LogP contribution in [0.3, 0.4) is 0 Å². The molecule has 2 amide bonds. The predicted octanol–water partition coefficient (Wildman–Crippen LogP) is 3.15. The van der Waals surface area contributed by atoms with Crippen molar-refractivity contribution in [2.24, 2.45) is 5.92 Å².